The third-order valence-corrected chi connectivity index (χ3v) is 8.31. The van der Waals surface area contributed by atoms with Gasteiger partial charge in [-0.2, -0.15) is 4.31 Å². The summed E-state index contributed by atoms with van der Waals surface area (Å²) in [5.41, 5.74) is 0. The monoisotopic (exact) mass is 496 g/mol. The number of nitrogens with one attached hydrogen (secondary N) is 1. The summed E-state index contributed by atoms with van der Waals surface area (Å²) in [5, 5.41) is 2.83. The van der Waals surface area contributed by atoms with Crippen LogP contribution in [0.3, 0.4) is 0 Å². The van der Waals surface area contributed by atoms with E-state index in [-0.39, 0.29) is 35.1 Å². The van der Waals surface area contributed by atoms with Crippen molar-refractivity contribution in [2.45, 2.75) is 44.4 Å². The van der Waals surface area contributed by atoms with Gasteiger partial charge in [0, 0.05) is 32.6 Å². The van der Waals surface area contributed by atoms with Crippen LogP contribution in [-0.4, -0.2) is 88.4 Å². The summed E-state index contributed by atoms with van der Waals surface area (Å²) in [4.78, 5) is 29.0. The maximum Gasteiger partial charge on any atom is 0.324 e. The molecule has 1 N–H and O–H groups in total. The van der Waals surface area contributed by atoms with Gasteiger partial charge in [-0.25, -0.2) is 13.2 Å². The number of amides is 3. The van der Waals surface area contributed by atoms with Gasteiger partial charge in [0.25, 0.3) is 0 Å². The molecule has 9 nitrogen and oxygen atoms in total. The van der Waals surface area contributed by atoms with Crippen LogP contribution >= 0.6 is 0 Å². The van der Waals surface area contributed by atoms with Gasteiger partial charge < -0.3 is 15.0 Å². The van der Waals surface area contributed by atoms with Crippen molar-refractivity contribution in [3.05, 3.63) is 24.3 Å². The maximum absolute atomic E-state index is 13.1. The summed E-state index contributed by atoms with van der Waals surface area (Å²) >= 11 is 0. The van der Waals surface area contributed by atoms with E-state index in [9.17, 15) is 18.0 Å². The number of imide groups is 1. The Kier molecular flexibility index (Phi) is 10.8. The maximum atomic E-state index is 13.1. The first-order valence-electron chi connectivity index (χ1n) is 12.0. The molecule has 0 bridgehead atoms. The summed E-state index contributed by atoms with van der Waals surface area (Å²) in [6, 6.07) is 6.03. The lowest BCUT2D eigenvalue weighted by Crippen LogP contribution is -2.47. The highest BCUT2D eigenvalue weighted by Gasteiger charge is 2.36. The number of hydrogen-bond acceptors (Lipinski definition) is 6. The lowest BCUT2D eigenvalue weighted by molar-refractivity contribution is -0.129. The zero-order chi connectivity index (χ0) is 25.3. The van der Waals surface area contributed by atoms with E-state index in [0.717, 1.165) is 19.4 Å². The molecule has 2 atom stereocenters. The second-order valence-corrected chi connectivity index (χ2v) is 10.9. The van der Waals surface area contributed by atoms with Crippen LogP contribution in [0.15, 0.2) is 29.2 Å². The molecule has 0 aromatic heterocycles. The molecule has 0 radical (unpaired) electrons. The van der Waals surface area contributed by atoms with Gasteiger partial charge in [-0.3, -0.25) is 9.69 Å². The van der Waals surface area contributed by atoms with Crippen LogP contribution in [0, 0.1) is 11.8 Å². The topological polar surface area (TPSA) is 99.3 Å². The van der Waals surface area contributed by atoms with E-state index in [0.29, 0.717) is 38.3 Å². The highest BCUT2D eigenvalue weighted by atomic mass is 32.2. The first-order valence-corrected chi connectivity index (χ1v) is 13.4. The van der Waals surface area contributed by atoms with E-state index in [1.807, 2.05) is 25.9 Å². The molecule has 1 aromatic carbocycles. The zero-order valence-electron chi connectivity index (χ0n) is 21.1. The second-order valence-electron chi connectivity index (χ2n) is 8.99. The van der Waals surface area contributed by atoms with Crippen molar-refractivity contribution in [2.75, 3.05) is 53.9 Å². The third kappa shape index (κ3) is 7.41. The predicted molar refractivity (Wildman–Crippen MR) is 132 cm³/mol. The lowest BCUT2D eigenvalue weighted by Gasteiger charge is -2.38. The van der Waals surface area contributed by atoms with Gasteiger partial charge >= 0.3 is 6.03 Å². The molecule has 3 amide bonds. The van der Waals surface area contributed by atoms with Gasteiger partial charge in [0.1, 0.15) is 5.75 Å². The molecule has 0 aliphatic carbocycles. The van der Waals surface area contributed by atoms with Gasteiger partial charge in [0.05, 0.1) is 12.0 Å². The Hall–Kier alpha value is -2.17. The number of methoxy groups -OCH3 is 1. The van der Waals surface area contributed by atoms with Crippen molar-refractivity contribution >= 4 is 22.0 Å². The van der Waals surface area contributed by atoms with Crippen molar-refractivity contribution < 1.29 is 22.7 Å². The van der Waals surface area contributed by atoms with E-state index < -0.39 is 10.0 Å². The molecule has 34 heavy (non-hydrogen) atoms. The van der Waals surface area contributed by atoms with E-state index in [2.05, 4.69) is 5.32 Å². The molecule has 192 valence electrons. The van der Waals surface area contributed by atoms with Crippen LogP contribution in [0.1, 0.15) is 39.5 Å². The Morgan fingerprint density at radius 3 is 2.38 bits per heavy atom. The molecule has 1 saturated heterocycles. The molecule has 1 aromatic rings. The van der Waals surface area contributed by atoms with E-state index in [1.54, 1.807) is 31.2 Å². The number of piperidine rings is 1. The van der Waals surface area contributed by atoms with E-state index in [4.69, 9.17) is 4.74 Å². The number of sulfonamides is 1. The number of hydrogen-bond donors (Lipinski definition) is 1. The largest absolute Gasteiger partial charge is 0.497 e. The molecule has 1 heterocycles. The van der Waals surface area contributed by atoms with Crippen LogP contribution in [0.2, 0.25) is 0 Å². The number of ether oxygens (including phenoxy) is 1. The summed E-state index contributed by atoms with van der Waals surface area (Å²) < 4.78 is 32.9. The van der Waals surface area contributed by atoms with Crippen LogP contribution < -0.4 is 10.1 Å². The van der Waals surface area contributed by atoms with Crippen LogP contribution in [0.4, 0.5) is 4.79 Å². The Balaban J connectivity index is 1.98. The Labute approximate surface area is 204 Å². The van der Waals surface area contributed by atoms with Gasteiger partial charge in [0.2, 0.25) is 15.9 Å². The molecule has 1 aliphatic rings. The van der Waals surface area contributed by atoms with Crippen molar-refractivity contribution in [3.8, 4) is 5.75 Å². The van der Waals surface area contributed by atoms with Gasteiger partial charge in [0.15, 0.2) is 0 Å². The summed E-state index contributed by atoms with van der Waals surface area (Å²) in [6.45, 7) is 6.20. The number of urea groups is 1. The molecule has 0 spiro atoms. The van der Waals surface area contributed by atoms with Crippen molar-refractivity contribution in [3.63, 3.8) is 0 Å². The van der Waals surface area contributed by atoms with Crippen molar-refractivity contribution in [2.24, 2.45) is 11.8 Å². The fourth-order valence-electron chi connectivity index (χ4n) is 4.35. The van der Waals surface area contributed by atoms with Crippen LogP contribution in [0.5, 0.6) is 5.75 Å². The minimum Gasteiger partial charge on any atom is -0.497 e. The standard InChI is InChI=1S/C24H40N4O5S/c1-6-19-18-27(34(31,32)22-11-9-21(33-5)10-12-22)16-13-20(19)17-23(29)28(7-2)24(30)25-14-8-15-26(3)4/h9-12,19-20H,6-8,13-18H2,1-5H3,(H,25,30)/t19-,20+/m1/s1. The highest BCUT2D eigenvalue weighted by molar-refractivity contribution is 7.89. The van der Waals surface area contributed by atoms with E-state index in [1.165, 1.54) is 16.3 Å². The number of nitrogens with zero attached hydrogens (tertiary/aromatic N) is 3. The van der Waals surface area contributed by atoms with Gasteiger partial charge in [-0.1, -0.05) is 13.3 Å². The Morgan fingerprint density at radius 2 is 1.82 bits per heavy atom. The van der Waals surface area contributed by atoms with E-state index >= 15 is 0 Å². The number of carbonyl (C=O) groups excluding carboxylic acids is 2. The van der Waals surface area contributed by atoms with Crippen molar-refractivity contribution in [1.29, 1.82) is 0 Å². The third-order valence-electron chi connectivity index (χ3n) is 6.43. The SMILES string of the molecule is CC[C@@H]1CN(S(=O)(=O)c2ccc(OC)cc2)CC[C@H]1CC(=O)N(CC)C(=O)NCCCN(C)C. The normalized spacial score (nSPS) is 19.1. The van der Waals surface area contributed by atoms with Gasteiger partial charge in [-0.15, -0.1) is 0 Å². The Bertz CT molecular complexity index is 904. The molecule has 2 rings (SSSR count). The molecular weight excluding hydrogens is 456 g/mol. The second kappa shape index (κ2) is 13.1. The van der Waals surface area contributed by atoms with Crippen LogP contribution in [-0.2, 0) is 14.8 Å². The highest BCUT2D eigenvalue weighted by Crippen LogP contribution is 2.32. The predicted octanol–water partition coefficient (Wildman–Crippen LogP) is 2.63. The van der Waals surface area contributed by atoms with Crippen LogP contribution in [0.25, 0.3) is 0 Å². The Morgan fingerprint density at radius 1 is 1.15 bits per heavy atom. The average molecular weight is 497 g/mol. The minimum atomic E-state index is -3.62. The minimum absolute atomic E-state index is 0.0374. The molecule has 1 aliphatic heterocycles. The smallest absolute Gasteiger partial charge is 0.324 e. The molecule has 1 fully saturated rings. The summed E-state index contributed by atoms with van der Waals surface area (Å²) in [5.74, 6) is 0.482. The first-order chi connectivity index (χ1) is 16.1. The summed E-state index contributed by atoms with van der Waals surface area (Å²) in [6.07, 6.45) is 2.40. The first kappa shape index (κ1) is 28.1. The molecular formula is C24H40N4O5S. The molecule has 0 unspecified atom stereocenters. The average Bonchev–Trinajstić information content (AvgIpc) is 2.82. The fraction of sp³-hybridized carbons (Fsp3) is 0.667. The van der Waals surface area contributed by atoms with Crippen molar-refractivity contribution in [1.82, 2.24) is 19.4 Å². The van der Waals surface area contributed by atoms with Gasteiger partial charge in [-0.05, 0) is 76.5 Å². The lowest BCUT2D eigenvalue weighted by atomic mass is 9.82. The number of benzene rings is 1. The fourth-order valence-corrected chi connectivity index (χ4v) is 5.86. The molecule has 10 heteroatoms. The molecule has 0 saturated carbocycles. The zero-order valence-corrected chi connectivity index (χ0v) is 21.9. The number of carbonyl (C=O) groups is 2. The summed E-state index contributed by atoms with van der Waals surface area (Å²) in [7, 11) is 1.86. The number of rotatable bonds is 11. The quantitative estimate of drug-likeness (QED) is 0.473.